The summed E-state index contributed by atoms with van der Waals surface area (Å²) in [6.07, 6.45) is 5.19. The third kappa shape index (κ3) is 7.66. The van der Waals surface area contributed by atoms with Crippen molar-refractivity contribution in [1.29, 1.82) is 0 Å². The first-order valence-corrected chi connectivity index (χ1v) is 20.2. The number of aromatic nitrogens is 5. The summed E-state index contributed by atoms with van der Waals surface area (Å²) in [5.41, 5.74) is 3.98. The second-order valence-electron chi connectivity index (χ2n) is 13.9. The lowest BCUT2D eigenvalue weighted by atomic mass is 9.76. The molecule has 0 saturated carbocycles. The molecule has 14 heteroatoms. The van der Waals surface area contributed by atoms with Crippen LogP contribution in [0, 0.1) is 0 Å². The SMILES string of the molecule is CCOCCn1c(N2CCCN(CCC3(c4ccccc4)CCN(C(=O)c4cc(-n5cnnc5S(C)(=O)=O)ccc4OC)C3)CC2)nc2ccccc21. The highest BCUT2D eigenvalue weighted by Crippen LogP contribution is 2.39. The fourth-order valence-electron chi connectivity index (χ4n) is 7.85. The smallest absolute Gasteiger partial charge is 0.257 e. The Kier molecular flexibility index (Phi) is 10.8. The Morgan fingerprint density at radius 2 is 1.75 bits per heavy atom. The van der Waals surface area contributed by atoms with Gasteiger partial charge in [0.15, 0.2) is 0 Å². The number of anilines is 1. The van der Waals surface area contributed by atoms with Crippen LogP contribution < -0.4 is 9.64 Å². The molecule has 1 unspecified atom stereocenters. The van der Waals surface area contributed by atoms with Gasteiger partial charge in [0.1, 0.15) is 12.1 Å². The third-order valence-corrected chi connectivity index (χ3v) is 11.6. The predicted octanol–water partition coefficient (Wildman–Crippen LogP) is 4.45. The summed E-state index contributed by atoms with van der Waals surface area (Å²) in [5, 5.41) is 7.43. The van der Waals surface area contributed by atoms with Crippen LogP contribution in [0.1, 0.15) is 42.1 Å². The molecule has 2 aliphatic heterocycles. The Balaban J connectivity index is 1.08. The zero-order valence-corrected chi connectivity index (χ0v) is 31.5. The van der Waals surface area contributed by atoms with E-state index in [1.54, 1.807) is 18.2 Å². The van der Waals surface area contributed by atoms with Gasteiger partial charge in [0.05, 0.1) is 36.0 Å². The van der Waals surface area contributed by atoms with Crippen LogP contribution in [-0.4, -0.2) is 121 Å². The molecular formula is C39H48N8O5S. The number of rotatable bonds is 13. The van der Waals surface area contributed by atoms with Crippen molar-refractivity contribution in [3.8, 4) is 11.4 Å². The number of imidazole rings is 1. The van der Waals surface area contributed by atoms with Gasteiger partial charge < -0.3 is 28.7 Å². The summed E-state index contributed by atoms with van der Waals surface area (Å²) < 4.78 is 39.8. The molecule has 1 amide bonds. The Morgan fingerprint density at radius 3 is 2.55 bits per heavy atom. The van der Waals surface area contributed by atoms with Gasteiger partial charge in [-0.2, -0.15) is 0 Å². The lowest BCUT2D eigenvalue weighted by molar-refractivity contribution is 0.0777. The van der Waals surface area contributed by atoms with E-state index in [0.717, 1.165) is 81.8 Å². The number of sulfone groups is 1. The summed E-state index contributed by atoms with van der Waals surface area (Å²) in [4.78, 5) is 26.3. The summed E-state index contributed by atoms with van der Waals surface area (Å²) >= 11 is 0. The lowest BCUT2D eigenvalue weighted by Crippen LogP contribution is -2.39. The number of nitrogens with zero attached hydrogens (tertiary/aromatic N) is 8. The molecule has 2 saturated heterocycles. The number of amides is 1. The largest absolute Gasteiger partial charge is 0.496 e. The fraction of sp³-hybridized carbons (Fsp3) is 0.436. The maximum Gasteiger partial charge on any atom is 0.257 e. The van der Waals surface area contributed by atoms with Gasteiger partial charge in [0, 0.05) is 57.5 Å². The quantitative estimate of drug-likeness (QED) is 0.160. The van der Waals surface area contributed by atoms with E-state index in [1.807, 2.05) is 24.0 Å². The van der Waals surface area contributed by atoms with Gasteiger partial charge >= 0.3 is 0 Å². The van der Waals surface area contributed by atoms with Crippen LogP contribution in [-0.2, 0) is 26.5 Å². The van der Waals surface area contributed by atoms with Crippen molar-refractivity contribution in [2.24, 2.45) is 0 Å². The van der Waals surface area contributed by atoms with Crippen molar-refractivity contribution in [2.45, 2.75) is 43.3 Å². The van der Waals surface area contributed by atoms with E-state index in [-0.39, 0.29) is 16.5 Å². The minimum atomic E-state index is -3.65. The molecule has 5 aromatic rings. The first-order chi connectivity index (χ1) is 25.7. The van der Waals surface area contributed by atoms with Crippen molar-refractivity contribution in [3.63, 3.8) is 0 Å². The molecule has 2 aromatic heterocycles. The summed E-state index contributed by atoms with van der Waals surface area (Å²) in [6, 6.07) is 23.9. The fourth-order valence-corrected chi connectivity index (χ4v) is 8.56. The molecular weight excluding hydrogens is 693 g/mol. The van der Waals surface area contributed by atoms with Gasteiger partial charge in [-0.3, -0.25) is 9.36 Å². The van der Waals surface area contributed by atoms with Crippen molar-refractivity contribution < 1.29 is 22.7 Å². The van der Waals surface area contributed by atoms with E-state index in [4.69, 9.17) is 14.5 Å². The van der Waals surface area contributed by atoms with E-state index in [0.29, 0.717) is 43.3 Å². The maximum atomic E-state index is 14.3. The standard InChI is InChI=1S/C39H48N8O5S/c1-4-52-26-25-46-34-14-9-8-13-33(34)41-37(46)44-20-10-19-43(23-24-44)21-17-39(30-11-6-5-7-12-30)18-22-45(28-39)36(48)32-27-31(15-16-35(32)51-2)47-29-40-42-38(47)53(3,49)50/h5-9,11-16,27,29H,4,10,17-26,28H2,1-3H3. The molecule has 13 nitrogen and oxygen atoms in total. The number of carbonyl (C=O) groups excluding carboxylic acids is 1. The van der Waals surface area contributed by atoms with Gasteiger partial charge in [-0.05, 0) is 75.2 Å². The number of methoxy groups -OCH3 is 1. The van der Waals surface area contributed by atoms with E-state index in [9.17, 15) is 13.2 Å². The first-order valence-electron chi connectivity index (χ1n) is 18.3. The van der Waals surface area contributed by atoms with Crippen molar-refractivity contribution in [1.82, 2.24) is 34.1 Å². The molecule has 0 bridgehead atoms. The molecule has 3 aromatic carbocycles. The van der Waals surface area contributed by atoms with Gasteiger partial charge in [0.2, 0.25) is 15.8 Å². The number of hydrogen-bond acceptors (Lipinski definition) is 10. The van der Waals surface area contributed by atoms with Crippen LogP contribution in [0.15, 0.2) is 84.3 Å². The van der Waals surface area contributed by atoms with E-state index >= 15 is 0 Å². The van der Waals surface area contributed by atoms with Crippen LogP contribution in [0.3, 0.4) is 0 Å². The highest BCUT2D eigenvalue weighted by Gasteiger charge is 2.42. The molecule has 2 aliphatic rings. The summed E-state index contributed by atoms with van der Waals surface area (Å²) in [5.74, 6) is 1.27. The van der Waals surface area contributed by atoms with Crippen LogP contribution in [0.25, 0.3) is 16.7 Å². The lowest BCUT2D eigenvalue weighted by Gasteiger charge is -2.33. The average molecular weight is 741 g/mol. The Labute approximate surface area is 311 Å². The van der Waals surface area contributed by atoms with Crippen molar-refractivity contribution in [3.05, 3.63) is 90.3 Å². The van der Waals surface area contributed by atoms with E-state index in [1.165, 1.54) is 23.6 Å². The Hall–Kier alpha value is -4.79. The minimum Gasteiger partial charge on any atom is -0.496 e. The predicted molar refractivity (Wildman–Crippen MR) is 204 cm³/mol. The van der Waals surface area contributed by atoms with E-state index in [2.05, 4.69) is 67.0 Å². The number of likely N-dealkylation sites (tertiary alicyclic amines) is 1. The molecule has 7 rings (SSSR count). The topological polar surface area (TPSA) is 128 Å². The highest BCUT2D eigenvalue weighted by molar-refractivity contribution is 7.90. The molecule has 0 N–H and O–H groups in total. The molecule has 280 valence electrons. The van der Waals surface area contributed by atoms with Gasteiger partial charge in [-0.1, -0.05) is 42.5 Å². The van der Waals surface area contributed by atoms with Crippen LogP contribution in [0.4, 0.5) is 5.95 Å². The third-order valence-electron chi connectivity index (χ3n) is 10.6. The summed E-state index contributed by atoms with van der Waals surface area (Å²) in [6.45, 7) is 9.91. The number of carbonyl (C=O) groups is 1. The number of hydrogen-bond donors (Lipinski definition) is 0. The van der Waals surface area contributed by atoms with Gasteiger partial charge in [0.25, 0.3) is 11.1 Å². The summed E-state index contributed by atoms with van der Waals surface area (Å²) in [7, 11) is -2.12. The van der Waals surface area contributed by atoms with Crippen molar-refractivity contribution >= 4 is 32.7 Å². The molecule has 2 fully saturated rings. The molecule has 0 aliphatic carbocycles. The first kappa shape index (κ1) is 36.6. The molecule has 0 spiro atoms. The zero-order valence-electron chi connectivity index (χ0n) is 30.7. The highest BCUT2D eigenvalue weighted by atomic mass is 32.2. The van der Waals surface area contributed by atoms with Crippen LogP contribution >= 0.6 is 0 Å². The number of ether oxygens (including phenoxy) is 2. The van der Waals surface area contributed by atoms with E-state index < -0.39 is 9.84 Å². The number of benzene rings is 3. The second-order valence-corrected chi connectivity index (χ2v) is 15.9. The molecule has 0 radical (unpaired) electrons. The van der Waals surface area contributed by atoms with Crippen LogP contribution in [0.2, 0.25) is 0 Å². The Bertz CT molecular complexity index is 2150. The normalized spacial score (nSPS) is 18.5. The van der Waals surface area contributed by atoms with Gasteiger partial charge in [-0.25, -0.2) is 13.4 Å². The molecule has 1 atom stereocenters. The zero-order chi connectivity index (χ0) is 37.0. The van der Waals surface area contributed by atoms with Gasteiger partial charge in [-0.15, -0.1) is 10.2 Å². The number of para-hydroxylation sites is 2. The van der Waals surface area contributed by atoms with Crippen molar-refractivity contribution in [2.75, 3.05) is 77.3 Å². The monoisotopic (exact) mass is 740 g/mol. The molecule has 4 heterocycles. The number of fused-ring (bicyclic) bond motifs is 1. The average Bonchev–Trinajstić information content (AvgIpc) is 3.89. The second kappa shape index (κ2) is 15.7. The maximum absolute atomic E-state index is 14.3. The van der Waals surface area contributed by atoms with Crippen LogP contribution in [0.5, 0.6) is 5.75 Å². The molecule has 53 heavy (non-hydrogen) atoms. The Morgan fingerprint density at radius 1 is 0.943 bits per heavy atom. The minimum absolute atomic E-state index is 0.159.